The molecular weight excluding hydrogens is 354 g/mol. The Hall–Kier alpha value is -2.74. The maximum absolute atomic E-state index is 6.11. The van der Waals surface area contributed by atoms with Gasteiger partial charge in [0, 0.05) is 11.2 Å². The summed E-state index contributed by atoms with van der Waals surface area (Å²) in [4.78, 5) is 2.52. The number of hydrogen-bond acceptors (Lipinski definition) is 2. The molecule has 2 nitrogen and oxygen atoms in total. The Balaban J connectivity index is 1.38. The third-order valence-corrected chi connectivity index (χ3v) is 6.05. The van der Waals surface area contributed by atoms with E-state index in [1.165, 1.54) is 22.4 Å². The molecule has 0 bridgehead atoms. The molecule has 0 saturated carbocycles. The van der Waals surface area contributed by atoms with E-state index in [9.17, 15) is 0 Å². The van der Waals surface area contributed by atoms with Crippen molar-refractivity contribution in [3.63, 3.8) is 0 Å². The molecule has 3 aromatic rings. The Labute approximate surface area is 175 Å². The summed E-state index contributed by atoms with van der Waals surface area (Å²) < 4.78 is 6.11. The van der Waals surface area contributed by atoms with Gasteiger partial charge in [-0.3, -0.25) is 0 Å². The van der Waals surface area contributed by atoms with Crippen molar-refractivity contribution < 1.29 is 4.74 Å². The summed E-state index contributed by atoms with van der Waals surface area (Å²) in [6.45, 7) is 8.60. The lowest BCUT2D eigenvalue weighted by Gasteiger charge is -2.47. The van der Waals surface area contributed by atoms with Crippen molar-refractivity contribution in [2.75, 3.05) is 18.1 Å². The van der Waals surface area contributed by atoms with Gasteiger partial charge in [0.05, 0.1) is 6.54 Å². The second-order valence-electron chi connectivity index (χ2n) is 8.78. The van der Waals surface area contributed by atoms with Crippen molar-refractivity contribution in [1.29, 1.82) is 0 Å². The molecule has 0 spiro atoms. The predicted molar refractivity (Wildman–Crippen MR) is 122 cm³/mol. The number of benzene rings is 3. The van der Waals surface area contributed by atoms with Crippen molar-refractivity contribution in [2.24, 2.45) is 0 Å². The van der Waals surface area contributed by atoms with E-state index in [-0.39, 0.29) is 5.54 Å². The molecule has 1 atom stereocenters. The number of anilines is 1. The van der Waals surface area contributed by atoms with Crippen LogP contribution in [0, 0.1) is 0 Å². The van der Waals surface area contributed by atoms with Gasteiger partial charge < -0.3 is 9.64 Å². The third kappa shape index (κ3) is 4.48. The Kier molecular flexibility index (Phi) is 5.62. The van der Waals surface area contributed by atoms with E-state index in [2.05, 4.69) is 105 Å². The van der Waals surface area contributed by atoms with Crippen LogP contribution in [0.3, 0.4) is 0 Å². The highest BCUT2D eigenvalue weighted by atomic mass is 16.5. The fourth-order valence-electron chi connectivity index (χ4n) is 4.66. The second-order valence-corrected chi connectivity index (χ2v) is 8.78. The fraction of sp³-hybridized carbons (Fsp3) is 0.333. The van der Waals surface area contributed by atoms with Crippen molar-refractivity contribution >= 4 is 5.69 Å². The topological polar surface area (TPSA) is 12.5 Å². The van der Waals surface area contributed by atoms with Gasteiger partial charge in [-0.1, -0.05) is 67.6 Å². The first-order chi connectivity index (χ1) is 14.0. The molecule has 0 aromatic heterocycles. The average Bonchev–Trinajstić information content (AvgIpc) is 2.72. The van der Waals surface area contributed by atoms with Crippen LogP contribution >= 0.6 is 0 Å². The van der Waals surface area contributed by atoms with Gasteiger partial charge in [0.25, 0.3) is 0 Å². The molecule has 0 saturated heterocycles. The summed E-state index contributed by atoms with van der Waals surface area (Å²) in [5.41, 5.74) is 5.59. The molecule has 0 amide bonds. The Morgan fingerprint density at radius 1 is 0.862 bits per heavy atom. The maximum atomic E-state index is 6.11. The summed E-state index contributed by atoms with van der Waals surface area (Å²) >= 11 is 0. The van der Waals surface area contributed by atoms with E-state index in [4.69, 9.17) is 4.74 Å². The Morgan fingerprint density at radius 2 is 1.52 bits per heavy atom. The number of rotatable bonds is 6. The zero-order valence-electron chi connectivity index (χ0n) is 17.8. The molecule has 0 radical (unpaired) electrons. The molecule has 1 aliphatic rings. The van der Waals surface area contributed by atoms with Crippen molar-refractivity contribution in [2.45, 2.75) is 45.1 Å². The average molecular weight is 386 g/mol. The first kappa shape index (κ1) is 19.6. The zero-order chi connectivity index (χ0) is 20.3. The van der Waals surface area contributed by atoms with E-state index in [0.29, 0.717) is 12.5 Å². The molecular formula is C27H31NO. The minimum absolute atomic E-state index is 0.136. The first-order valence-electron chi connectivity index (χ1n) is 10.7. The van der Waals surface area contributed by atoms with E-state index >= 15 is 0 Å². The van der Waals surface area contributed by atoms with E-state index in [1.54, 1.807) is 0 Å². The highest BCUT2D eigenvalue weighted by molar-refractivity contribution is 5.59. The highest BCUT2D eigenvalue weighted by Gasteiger charge is 2.35. The summed E-state index contributed by atoms with van der Waals surface area (Å²) in [6, 6.07) is 27.9. The van der Waals surface area contributed by atoms with Crippen LogP contribution in [0.4, 0.5) is 5.69 Å². The van der Waals surface area contributed by atoms with Gasteiger partial charge in [0.1, 0.15) is 12.4 Å². The zero-order valence-corrected chi connectivity index (χ0v) is 17.8. The van der Waals surface area contributed by atoms with E-state index in [1.807, 2.05) is 0 Å². The SMILES string of the molecule is CC1CC(C)(C)N(CCOc2ccc(Cc3ccccc3)cc2)c2ccccc21. The number of para-hydroxylation sites is 1. The van der Waals surface area contributed by atoms with Gasteiger partial charge >= 0.3 is 0 Å². The Morgan fingerprint density at radius 3 is 2.28 bits per heavy atom. The summed E-state index contributed by atoms with van der Waals surface area (Å²) in [5, 5.41) is 0. The van der Waals surface area contributed by atoms with Crippen LogP contribution in [-0.4, -0.2) is 18.7 Å². The van der Waals surface area contributed by atoms with Gasteiger partial charge in [0.2, 0.25) is 0 Å². The van der Waals surface area contributed by atoms with Crippen LogP contribution < -0.4 is 9.64 Å². The van der Waals surface area contributed by atoms with Crippen LogP contribution in [0.1, 0.15) is 49.8 Å². The van der Waals surface area contributed by atoms with Crippen LogP contribution in [0.25, 0.3) is 0 Å². The minimum atomic E-state index is 0.136. The Bertz CT molecular complexity index is 930. The molecule has 1 aliphatic heterocycles. The molecule has 2 heteroatoms. The standard InChI is InChI=1S/C27H31NO/c1-21-20-27(2,3)28(26-12-8-7-11-25(21)26)17-18-29-24-15-13-23(14-16-24)19-22-9-5-4-6-10-22/h4-16,21H,17-20H2,1-3H3. The summed E-state index contributed by atoms with van der Waals surface area (Å²) in [7, 11) is 0. The van der Waals surface area contributed by atoms with Gasteiger partial charge in [-0.25, -0.2) is 0 Å². The van der Waals surface area contributed by atoms with Crippen LogP contribution in [-0.2, 0) is 6.42 Å². The van der Waals surface area contributed by atoms with Gasteiger partial charge in [0.15, 0.2) is 0 Å². The quantitative estimate of drug-likeness (QED) is 0.483. The summed E-state index contributed by atoms with van der Waals surface area (Å²) in [5.74, 6) is 1.54. The smallest absolute Gasteiger partial charge is 0.119 e. The fourth-order valence-corrected chi connectivity index (χ4v) is 4.66. The predicted octanol–water partition coefficient (Wildman–Crippen LogP) is 6.45. The highest BCUT2D eigenvalue weighted by Crippen LogP contribution is 2.42. The van der Waals surface area contributed by atoms with Crippen LogP contribution in [0.2, 0.25) is 0 Å². The van der Waals surface area contributed by atoms with Gasteiger partial charge in [-0.05, 0) is 67.5 Å². The number of ether oxygens (including phenoxy) is 1. The lowest BCUT2D eigenvalue weighted by Crippen LogP contribution is -2.50. The van der Waals surface area contributed by atoms with E-state index in [0.717, 1.165) is 25.1 Å². The number of hydrogen-bond donors (Lipinski definition) is 0. The molecule has 0 fully saturated rings. The van der Waals surface area contributed by atoms with Gasteiger partial charge in [-0.15, -0.1) is 0 Å². The minimum Gasteiger partial charge on any atom is -0.492 e. The molecule has 0 N–H and O–H groups in total. The maximum Gasteiger partial charge on any atom is 0.119 e. The molecule has 29 heavy (non-hydrogen) atoms. The molecule has 1 unspecified atom stereocenters. The molecule has 1 heterocycles. The second kappa shape index (κ2) is 8.32. The first-order valence-corrected chi connectivity index (χ1v) is 10.7. The number of fused-ring (bicyclic) bond motifs is 1. The van der Waals surface area contributed by atoms with Crippen molar-refractivity contribution in [3.8, 4) is 5.75 Å². The summed E-state index contributed by atoms with van der Waals surface area (Å²) in [6.07, 6.45) is 2.12. The van der Waals surface area contributed by atoms with E-state index < -0.39 is 0 Å². The largest absolute Gasteiger partial charge is 0.492 e. The van der Waals surface area contributed by atoms with Crippen molar-refractivity contribution in [3.05, 3.63) is 95.6 Å². The lowest BCUT2D eigenvalue weighted by molar-refractivity contribution is 0.294. The van der Waals surface area contributed by atoms with Crippen LogP contribution in [0.5, 0.6) is 5.75 Å². The van der Waals surface area contributed by atoms with Gasteiger partial charge in [-0.2, -0.15) is 0 Å². The number of nitrogens with zero attached hydrogens (tertiary/aromatic N) is 1. The van der Waals surface area contributed by atoms with Crippen LogP contribution in [0.15, 0.2) is 78.9 Å². The molecule has 3 aromatic carbocycles. The molecule has 150 valence electrons. The molecule has 0 aliphatic carbocycles. The van der Waals surface area contributed by atoms with Crippen molar-refractivity contribution in [1.82, 2.24) is 0 Å². The third-order valence-electron chi connectivity index (χ3n) is 6.05. The lowest BCUT2D eigenvalue weighted by atomic mass is 9.80. The molecule has 4 rings (SSSR count). The normalized spacial score (nSPS) is 17.6. The monoisotopic (exact) mass is 385 g/mol.